The van der Waals surface area contributed by atoms with E-state index < -0.39 is 104 Å². The van der Waals surface area contributed by atoms with Gasteiger partial charge in [0.25, 0.3) is 0 Å². The number of carboxylic acid groups (broad SMARTS) is 1. The van der Waals surface area contributed by atoms with Crippen LogP contribution in [0.5, 0.6) is 5.75 Å². The lowest BCUT2D eigenvalue weighted by atomic mass is 9.82. The number of carbonyl (C=O) groups is 3. The summed E-state index contributed by atoms with van der Waals surface area (Å²) < 4.78 is 37.0. The van der Waals surface area contributed by atoms with Crippen molar-refractivity contribution in [3.05, 3.63) is 70.7 Å². The molecule has 2 aliphatic heterocycles. The summed E-state index contributed by atoms with van der Waals surface area (Å²) in [5, 5.41) is 64.1. The van der Waals surface area contributed by atoms with Crippen molar-refractivity contribution in [3.63, 3.8) is 0 Å². The number of alkyl carbamates (subject to hydrolysis) is 1. The van der Waals surface area contributed by atoms with Crippen LogP contribution in [0, 0.1) is 35.5 Å². The first-order valence-electron chi connectivity index (χ1n) is 21.8. The Balaban J connectivity index is 1.34. The molecule has 3 aromatic rings. The Labute approximate surface area is 402 Å². The number of nitrogens with zero attached hydrogens (tertiary/aromatic N) is 1. The van der Waals surface area contributed by atoms with Gasteiger partial charge in [0.2, 0.25) is 0 Å². The predicted molar refractivity (Wildman–Crippen MR) is 255 cm³/mol. The molecule has 12 atom stereocenters. The number of aromatic nitrogens is 2. The summed E-state index contributed by atoms with van der Waals surface area (Å²) in [5.41, 5.74) is 0.240. The fourth-order valence-corrected chi connectivity index (χ4v) is 9.92. The summed E-state index contributed by atoms with van der Waals surface area (Å²) in [4.78, 5) is 46.6. The second-order valence-electron chi connectivity index (χ2n) is 17.3. The number of aliphatic hydroxyl groups excluding tert-OH is 3. The summed E-state index contributed by atoms with van der Waals surface area (Å²) in [6, 6.07) is 5.71. The van der Waals surface area contributed by atoms with E-state index in [-0.39, 0.29) is 64.7 Å². The normalized spacial score (nSPS) is 30.2. The Morgan fingerprint density at radius 3 is 2.56 bits per heavy atom. The van der Waals surface area contributed by atoms with Crippen molar-refractivity contribution in [2.24, 2.45) is 11.8 Å². The van der Waals surface area contributed by atoms with Crippen LogP contribution < -0.4 is 10.6 Å². The number of pyridine rings is 1. The third-order valence-corrected chi connectivity index (χ3v) is 13.7. The molecular weight excluding hydrogens is 941 g/mol. The number of rotatable bonds is 13. The molecule has 10 unspecified atom stereocenters. The van der Waals surface area contributed by atoms with Gasteiger partial charge in [-0.2, -0.15) is 0 Å². The first-order valence-corrected chi connectivity index (χ1v) is 25.8. The molecule has 4 heterocycles. The van der Waals surface area contributed by atoms with Gasteiger partial charge in [0.1, 0.15) is 29.8 Å². The quantitative estimate of drug-likeness (QED) is 0.0904. The van der Waals surface area contributed by atoms with E-state index in [1.54, 1.807) is 32.4 Å². The topological polar surface area (TPSA) is 260 Å². The highest BCUT2D eigenvalue weighted by Crippen LogP contribution is 2.43. The maximum absolute atomic E-state index is 13.9. The first kappa shape index (κ1) is 51.0. The SMILES string of the molecule is COC(=O)NC1=C2C#C/C=C\C#C[C@H](OC3OC(C)C(C(O)c4nc(C(=O)O)cc5c4[nH]c4ccc(O)cc45)C(O)C3OC3CC(OC)C(NC(C)C)CO3)C2/C(=C\CS(C)(=S)=S)[C@@H](O)CC1=O. The van der Waals surface area contributed by atoms with Crippen molar-refractivity contribution in [3.8, 4) is 29.4 Å². The number of aromatic hydroxyl groups is 1. The van der Waals surface area contributed by atoms with Gasteiger partial charge in [-0.05, 0) is 77.5 Å². The number of hydrogen-bond donors (Lipinski definition) is 8. The van der Waals surface area contributed by atoms with Gasteiger partial charge in [0.05, 0.1) is 67.0 Å². The molecule has 68 heavy (non-hydrogen) atoms. The van der Waals surface area contributed by atoms with Crippen LogP contribution in [0.15, 0.2) is 59.3 Å². The van der Waals surface area contributed by atoms with Gasteiger partial charge in [-0.25, -0.2) is 14.6 Å². The van der Waals surface area contributed by atoms with Gasteiger partial charge < -0.3 is 64.3 Å². The van der Waals surface area contributed by atoms with Crippen LogP contribution in [0.2, 0.25) is 0 Å². The molecule has 1 amide bonds. The number of benzene rings is 1. The lowest BCUT2D eigenvalue weighted by molar-refractivity contribution is -0.341. The summed E-state index contributed by atoms with van der Waals surface area (Å²) in [6.07, 6.45) is -6.82. The molecule has 1 aromatic carbocycles. The zero-order valence-electron chi connectivity index (χ0n) is 38.0. The molecule has 0 bridgehead atoms. The van der Waals surface area contributed by atoms with Crippen LogP contribution >= 0.6 is 0 Å². The Kier molecular flexibility index (Phi) is 16.1. The highest BCUT2D eigenvalue weighted by atomic mass is 33.1. The third kappa shape index (κ3) is 11.3. The summed E-state index contributed by atoms with van der Waals surface area (Å²) in [6.45, 7) is 5.70. The number of ether oxygens (including phenoxy) is 6. The molecule has 18 nitrogen and oxygen atoms in total. The number of nitrogens with one attached hydrogen (secondary N) is 3. The average molecular weight is 995 g/mol. The smallest absolute Gasteiger partial charge is 0.411 e. The number of carboxylic acids is 1. The van der Waals surface area contributed by atoms with Crippen LogP contribution in [0.3, 0.4) is 0 Å². The summed E-state index contributed by atoms with van der Waals surface area (Å²) >= 11 is 11.2. The summed E-state index contributed by atoms with van der Waals surface area (Å²) in [5.74, 6) is 7.34. The molecule has 21 heteroatoms. The molecular formula is C47H54N4O14S3. The fourth-order valence-electron chi connectivity index (χ4n) is 9.02. The third-order valence-electron chi connectivity index (χ3n) is 12.1. The number of amides is 1. The number of phenolic OH excluding ortho intramolecular Hbond substituents is 1. The maximum Gasteiger partial charge on any atom is 0.411 e. The van der Waals surface area contributed by atoms with E-state index in [1.807, 2.05) is 13.8 Å². The number of carbonyl (C=O) groups excluding carboxylic acids is 2. The number of H-pyrrole nitrogens is 1. The number of fused-ring (bicyclic) bond motifs is 4. The number of aromatic carboxylic acids is 1. The Bertz CT molecular complexity index is 2790. The second kappa shape index (κ2) is 21.4. The van der Waals surface area contributed by atoms with E-state index in [0.29, 0.717) is 16.3 Å². The minimum absolute atomic E-state index is 0.0250. The number of Topliss-reactive ketones (excluding diaryl/α,β-unsaturated/α-hetero) is 1. The van der Waals surface area contributed by atoms with E-state index >= 15 is 0 Å². The molecule has 0 saturated carbocycles. The van der Waals surface area contributed by atoms with Gasteiger partial charge in [-0.15, -0.1) is 0 Å². The van der Waals surface area contributed by atoms with Gasteiger partial charge in [0.15, 0.2) is 18.4 Å². The van der Waals surface area contributed by atoms with Crippen molar-refractivity contribution in [1.29, 1.82) is 0 Å². The molecule has 364 valence electrons. The number of phenols is 1. The van der Waals surface area contributed by atoms with Crippen LogP contribution in [0.25, 0.3) is 21.8 Å². The van der Waals surface area contributed by atoms with Crippen LogP contribution in [-0.2, 0) is 62.7 Å². The minimum Gasteiger partial charge on any atom is -0.508 e. The standard InChI is InChI=1S/C47H54N4O14S3/c1-22(2)48-31-21-62-36(20-35(31)60-4)65-44-43(56)37(42(55)41-40-28(18-30(50-41)45(57)58)27-17-24(52)13-14-29(27)49-40)23(3)63-46(44)64-34-12-10-8-7-9-11-26-38(34)25(15-16-68(6,66)67)32(53)19-33(54)39(26)51-47(59)61-5/h7-8,13-15,17-18,22-23,31-32,34-38,42-44,46,48-49,52-53,55-56H,16,19-21H2,1-6H3,(H,51,59)(H,57,58)/b8-7-,25-15-/t23?,31?,32-,34-,35?,36?,37?,38?,42?,43?,44?,46?/m0/s1. The largest absolute Gasteiger partial charge is 0.508 e. The zero-order chi connectivity index (χ0) is 49.2. The predicted octanol–water partition coefficient (Wildman–Crippen LogP) is 2.54. The lowest BCUT2D eigenvalue weighted by Gasteiger charge is -2.47. The Morgan fingerprint density at radius 2 is 1.87 bits per heavy atom. The highest BCUT2D eigenvalue weighted by Gasteiger charge is 2.52. The van der Waals surface area contributed by atoms with E-state index in [1.165, 1.54) is 30.4 Å². The highest BCUT2D eigenvalue weighted by molar-refractivity contribution is 8.56. The van der Waals surface area contributed by atoms with Gasteiger partial charge in [0, 0.05) is 59.5 Å². The van der Waals surface area contributed by atoms with Crippen LogP contribution in [0.1, 0.15) is 55.9 Å². The fraction of sp³-hybridized carbons (Fsp3) is 0.489. The van der Waals surface area contributed by atoms with Gasteiger partial charge >= 0.3 is 12.1 Å². The Morgan fingerprint density at radius 1 is 1.12 bits per heavy atom. The average Bonchev–Trinajstić information content (AvgIpc) is 3.64. The molecule has 2 aromatic heterocycles. The van der Waals surface area contributed by atoms with Crippen molar-refractivity contribution in [2.45, 2.75) is 101 Å². The monoisotopic (exact) mass is 994 g/mol. The first-order chi connectivity index (χ1) is 32.3. The molecule has 2 aliphatic carbocycles. The molecule has 8 N–H and O–H groups in total. The number of methoxy groups -OCH3 is 2. The minimum atomic E-state index is -2.06. The number of hydrogen-bond acceptors (Lipinski definition) is 17. The van der Waals surface area contributed by atoms with E-state index in [0.717, 1.165) is 7.11 Å². The number of aromatic amines is 1. The summed E-state index contributed by atoms with van der Waals surface area (Å²) in [7, 11) is 0.629. The molecule has 4 aliphatic rings. The number of allylic oxidation sites excluding steroid dienone is 3. The van der Waals surface area contributed by atoms with E-state index in [4.69, 9.17) is 50.8 Å². The second-order valence-corrected chi connectivity index (χ2v) is 24.5. The van der Waals surface area contributed by atoms with Crippen molar-refractivity contribution < 1.29 is 68.3 Å². The van der Waals surface area contributed by atoms with Gasteiger partial charge in [-0.1, -0.05) is 50.8 Å². The van der Waals surface area contributed by atoms with E-state index in [9.17, 15) is 39.9 Å². The van der Waals surface area contributed by atoms with Crippen LogP contribution in [0.4, 0.5) is 4.79 Å². The molecule has 2 saturated heterocycles. The van der Waals surface area contributed by atoms with Crippen molar-refractivity contribution in [1.82, 2.24) is 20.6 Å². The molecule has 2 fully saturated rings. The van der Waals surface area contributed by atoms with Crippen molar-refractivity contribution in [2.75, 3.05) is 32.8 Å². The maximum atomic E-state index is 13.9. The molecule has 0 spiro atoms. The zero-order valence-corrected chi connectivity index (χ0v) is 40.4. The van der Waals surface area contributed by atoms with E-state index in [2.05, 4.69) is 44.3 Å². The van der Waals surface area contributed by atoms with Crippen molar-refractivity contribution >= 4 is 69.2 Å². The van der Waals surface area contributed by atoms with Gasteiger partial charge in [-0.3, -0.25) is 10.1 Å². The number of ketones is 1. The lowest BCUT2D eigenvalue weighted by Crippen LogP contribution is -2.60. The molecule has 7 rings (SSSR count). The number of aliphatic hydroxyl groups is 3. The Hall–Kier alpha value is -4.85. The molecule has 0 radical (unpaired) electrons. The van der Waals surface area contributed by atoms with Crippen LogP contribution in [-0.4, -0.2) is 147 Å².